The molecule has 0 fully saturated rings. The molecule has 1 atom stereocenters. The fourth-order valence-electron chi connectivity index (χ4n) is 1.62. The number of nitriles is 1. The van der Waals surface area contributed by atoms with Crippen LogP contribution in [0.3, 0.4) is 0 Å². The Labute approximate surface area is 117 Å². The lowest BCUT2D eigenvalue weighted by molar-refractivity contribution is 0.0692. The van der Waals surface area contributed by atoms with E-state index in [1.807, 2.05) is 6.07 Å². The quantitative estimate of drug-likeness (QED) is 0.772. The van der Waals surface area contributed by atoms with Gasteiger partial charge in [0.2, 0.25) is 10.0 Å². The summed E-state index contributed by atoms with van der Waals surface area (Å²) in [6.45, 7) is 1.54. The summed E-state index contributed by atoms with van der Waals surface area (Å²) < 4.78 is 25.7. The molecule has 1 aromatic carbocycles. The van der Waals surface area contributed by atoms with Crippen molar-refractivity contribution >= 4 is 21.7 Å². The Balaban J connectivity index is 3.32. The highest BCUT2D eigenvalue weighted by Gasteiger charge is 2.27. The van der Waals surface area contributed by atoms with Crippen LogP contribution in [-0.4, -0.2) is 37.4 Å². The normalized spacial score (nSPS) is 12.9. The first-order valence-electron chi connectivity index (χ1n) is 5.69. The first-order valence-corrected chi connectivity index (χ1v) is 7.13. The minimum atomic E-state index is -4.02. The second kappa shape index (κ2) is 5.90. The molecule has 1 aromatic rings. The lowest BCUT2D eigenvalue weighted by Gasteiger charge is -2.19. The number of carboxylic acid groups (broad SMARTS) is 1. The smallest absolute Gasteiger partial charge is 0.337 e. The van der Waals surface area contributed by atoms with Crippen molar-refractivity contribution in [1.82, 2.24) is 4.31 Å². The standard InChI is InChI=1S/C12H15N3O4S/c1-8(6-13)7-15(2)20(18,19)11-5-9(14)3-4-10(11)12(16)17/h3-5,8H,7,14H2,1-2H3,(H,16,17). The van der Waals surface area contributed by atoms with Crippen LogP contribution in [-0.2, 0) is 10.0 Å². The lowest BCUT2D eigenvalue weighted by Crippen LogP contribution is -2.32. The number of nitrogens with two attached hydrogens (primary N) is 1. The number of sulfonamides is 1. The van der Waals surface area contributed by atoms with E-state index >= 15 is 0 Å². The average Bonchev–Trinajstić information content (AvgIpc) is 2.37. The summed E-state index contributed by atoms with van der Waals surface area (Å²) >= 11 is 0. The average molecular weight is 297 g/mol. The van der Waals surface area contributed by atoms with Crippen LogP contribution in [0.25, 0.3) is 0 Å². The zero-order valence-electron chi connectivity index (χ0n) is 11.1. The number of hydrogen-bond donors (Lipinski definition) is 2. The van der Waals surface area contributed by atoms with Gasteiger partial charge in [0.25, 0.3) is 0 Å². The molecule has 1 unspecified atom stereocenters. The van der Waals surface area contributed by atoms with Gasteiger partial charge in [-0.1, -0.05) is 0 Å². The molecule has 0 saturated carbocycles. The predicted octanol–water partition coefficient (Wildman–Crippen LogP) is 0.747. The zero-order valence-corrected chi connectivity index (χ0v) is 11.9. The van der Waals surface area contributed by atoms with Gasteiger partial charge in [-0.15, -0.1) is 0 Å². The monoisotopic (exact) mass is 297 g/mol. The molecule has 108 valence electrons. The molecule has 1 rings (SSSR count). The Bertz CT molecular complexity index is 664. The van der Waals surface area contributed by atoms with E-state index in [9.17, 15) is 13.2 Å². The van der Waals surface area contributed by atoms with Crippen LogP contribution in [0, 0.1) is 17.2 Å². The molecule has 0 aromatic heterocycles. The van der Waals surface area contributed by atoms with Gasteiger partial charge in [-0.3, -0.25) is 0 Å². The Morgan fingerprint density at radius 2 is 2.15 bits per heavy atom. The number of benzene rings is 1. The van der Waals surface area contributed by atoms with Crippen molar-refractivity contribution < 1.29 is 18.3 Å². The van der Waals surface area contributed by atoms with Gasteiger partial charge in [0.15, 0.2) is 0 Å². The van der Waals surface area contributed by atoms with Gasteiger partial charge in [-0.25, -0.2) is 13.2 Å². The van der Waals surface area contributed by atoms with E-state index < -0.39 is 21.9 Å². The second-order valence-electron chi connectivity index (χ2n) is 4.38. The summed E-state index contributed by atoms with van der Waals surface area (Å²) in [5, 5.41) is 17.8. The maximum absolute atomic E-state index is 12.4. The lowest BCUT2D eigenvalue weighted by atomic mass is 10.2. The molecule has 0 aliphatic carbocycles. The Morgan fingerprint density at radius 1 is 1.55 bits per heavy atom. The summed E-state index contributed by atoms with van der Waals surface area (Å²) in [6.07, 6.45) is 0. The molecule has 0 bridgehead atoms. The van der Waals surface area contributed by atoms with Gasteiger partial charge < -0.3 is 10.8 Å². The molecule has 0 aliphatic rings. The number of nitrogen functional groups attached to an aromatic ring is 1. The number of hydrogen-bond acceptors (Lipinski definition) is 5. The number of nitrogens with zero attached hydrogens (tertiary/aromatic N) is 2. The van der Waals surface area contributed by atoms with E-state index in [1.54, 1.807) is 6.92 Å². The molecule has 0 spiro atoms. The van der Waals surface area contributed by atoms with Crippen LogP contribution in [0.1, 0.15) is 17.3 Å². The Hall–Kier alpha value is -2.11. The van der Waals surface area contributed by atoms with Gasteiger partial charge in [0, 0.05) is 19.3 Å². The van der Waals surface area contributed by atoms with Gasteiger partial charge in [-0.2, -0.15) is 9.57 Å². The van der Waals surface area contributed by atoms with E-state index in [1.165, 1.54) is 13.1 Å². The molecule has 0 amide bonds. The van der Waals surface area contributed by atoms with Gasteiger partial charge in [0.1, 0.15) is 0 Å². The topological polar surface area (TPSA) is 124 Å². The van der Waals surface area contributed by atoms with Crippen molar-refractivity contribution in [3.63, 3.8) is 0 Å². The minimum absolute atomic E-state index is 0.0350. The number of carboxylic acids is 1. The molecule has 3 N–H and O–H groups in total. The van der Waals surface area contributed by atoms with Crippen LogP contribution in [0.2, 0.25) is 0 Å². The molecule has 0 aliphatic heterocycles. The van der Waals surface area contributed by atoms with Crippen molar-refractivity contribution in [3.05, 3.63) is 23.8 Å². The SMILES string of the molecule is CC(C#N)CN(C)S(=O)(=O)c1cc(N)ccc1C(=O)O. The molecule has 0 saturated heterocycles. The molecule has 20 heavy (non-hydrogen) atoms. The molecule has 0 heterocycles. The first-order chi connectivity index (χ1) is 9.20. The molecular formula is C12H15N3O4S. The van der Waals surface area contributed by atoms with Crippen LogP contribution in [0.5, 0.6) is 0 Å². The van der Waals surface area contributed by atoms with Crippen molar-refractivity contribution in [1.29, 1.82) is 5.26 Å². The van der Waals surface area contributed by atoms with E-state index in [0.29, 0.717) is 0 Å². The van der Waals surface area contributed by atoms with Crippen LogP contribution >= 0.6 is 0 Å². The first kappa shape index (κ1) is 15.9. The number of anilines is 1. The Kier molecular flexibility index (Phi) is 4.70. The Morgan fingerprint density at radius 3 is 2.65 bits per heavy atom. The van der Waals surface area contributed by atoms with Crippen molar-refractivity contribution in [2.75, 3.05) is 19.3 Å². The van der Waals surface area contributed by atoms with Crippen molar-refractivity contribution in [2.24, 2.45) is 5.92 Å². The molecule has 7 nitrogen and oxygen atoms in total. The van der Waals surface area contributed by atoms with Crippen molar-refractivity contribution in [3.8, 4) is 6.07 Å². The third-order valence-corrected chi connectivity index (χ3v) is 4.54. The van der Waals surface area contributed by atoms with E-state index in [-0.39, 0.29) is 22.7 Å². The maximum Gasteiger partial charge on any atom is 0.337 e. The van der Waals surface area contributed by atoms with E-state index in [2.05, 4.69) is 0 Å². The molecule has 0 radical (unpaired) electrons. The third kappa shape index (κ3) is 3.26. The van der Waals surface area contributed by atoms with Gasteiger partial charge in [0.05, 0.1) is 22.4 Å². The van der Waals surface area contributed by atoms with E-state index in [0.717, 1.165) is 16.4 Å². The third-order valence-electron chi connectivity index (χ3n) is 2.68. The number of aromatic carboxylic acids is 1. The second-order valence-corrected chi connectivity index (χ2v) is 6.39. The summed E-state index contributed by atoms with van der Waals surface area (Å²) in [7, 11) is -2.73. The van der Waals surface area contributed by atoms with Gasteiger partial charge in [-0.05, 0) is 25.1 Å². The van der Waals surface area contributed by atoms with Crippen LogP contribution in [0.15, 0.2) is 23.1 Å². The highest BCUT2D eigenvalue weighted by atomic mass is 32.2. The fourth-order valence-corrected chi connectivity index (χ4v) is 3.10. The fraction of sp³-hybridized carbons (Fsp3) is 0.333. The minimum Gasteiger partial charge on any atom is -0.478 e. The summed E-state index contributed by atoms with van der Waals surface area (Å²) in [5.74, 6) is -1.87. The summed E-state index contributed by atoms with van der Waals surface area (Å²) in [5.41, 5.74) is 5.32. The predicted molar refractivity (Wildman–Crippen MR) is 72.4 cm³/mol. The largest absolute Gasteiger partial charge is 0.478 e. The highest BCUT2D eigenvalue weighted by Crippen LogP contribution is 2.23. The van der Waals surface area contributed by atoms with Gasteiger partial charge >= 0.3 is 5.97 Å². The summed E-state index contributed by atoms with van der Waals surface area (Å²) in [4.78, 5) is 10.7. The number of carbonyl (C=O) groups is 1. The van der Waals surface area contributed by atoms with Crippen molar-refractivity contribution in [2.45, 2.75) is 11.8 Å². The molecule has 8 heteroatoms. The van der Waals surface area contributed by atoms with Crippen LogP contribution in [0.4, 0.5) is 5.69 Å². The summed E-state index contributed by atoms with van der Waals surface area (Å²) in [6, 6.07) is 5.49. The van der Waals surface area contributed by atoms with E-state index in [4.69, 9.17) is 16.1 Å². The maximum atomic E-state index is 12.4. The number of rotatable bonds is 5. The van der Waals surface area contributed by atoms with Crippen LogP contribution < -0.4 is 5.73 Å². The molecular weight excluding hydrogens is 282 g/mol. The highest BCUT2D eigenvalue weighted by molar-refractivity contribution is 7.89. The zero-order chi connectivity index (χ0) is 15.5.